The molecule has 86 valence electrons. The van der Waals surface area contributed by atoms with Crippen LogP contribution in [0.1, 0.15) is 29.5 Å². The maximum absolute atomic E-state index is 5.86. The van der Waals surface area contributed by atoms with E-state index >= 15 is 0 Å². The quantitative estimate of drug-likeness (QED) is 0.590. The van der Waals surface area contributed by atoms with E-state index in [4.69, 9.17) is 5.73 Å². The van der Waals surface area contributed by atoms with Gasteiger partial charge in [-0.3, -0.25) is 0 Å². The number of guanidine groups is 1. The van der Waals surface area contributed by atoms with Gasteiger partial charge in [-0.1, -0.05) is 17.7 Å². The monoisotopic (exact) mass is 217 g/mol. The zero-order chi connectivity index (χ0) is 11.7. The van der Waals surface area contributed by atoms with Crippen LogP contribution in [0.5, 0.6) is 0 Å². The molecule has 16 heavy (non-hydrogen) atoms. The van der Waals surface area contributed by atoms with Crippen LogP contribution in [0, 0.1) is 20.8 Å². The predicted molar refractivity (Wildman–Crippen MR) is 68.9 cm³/mol. The van der Waals surface area contributed by atoms with Crippen molar-refractivity contribution in [2.24, 2.45) is 10.7 Å². The van der Waals surface area contributed by atoms with Crippen molar-refractivity contribution in [3.05, 3.63) is 28.8 Å². The lowest BCUT2D eigenvalue weighted by Gasteiger charge is -2.13. The third-order valence-electron chi connectivity index (χ3n) is 2.80. The fourth-order valence-corrected chi connectivity index (χ4v) is 1.94. The number of aryl methyl sites for hydroxylation is 3. The lowest BCUT2D eigenvalue weighted by atomic mass is 10.1. The summed E-state index contributed by atoms with van der Waals surface area (Å²) in [5, 5.41) is 3.20. The van der Waals surface area contributed by atoms with E-state index < -0.39 is 0 Å². The summed E-state index contributed by atoms with van der Waals surface area (Å²) < 4.78 is 0. The molecule has 3 heteroatoms. The number of hydrogen-bond acceptors (Lipinski definition) is 1. The summed E-state index contributed by atoms with van der Waals surface area (Å²) in [4.78, 5) is 4.37. The number of hydrogen-bond donors (Lipinski definition) is 2. The zero-order valence-electron chi connectivity index (χ0n) is 10.2. The highest BCUT2D eigenvalue weighted by Gasteiger charge is 2.20. The van der Waals surface area contributed by atoms with Gasteiger partial charge in [-0.2, -0.15) is 0 Å². The second-order valence-corrected chi connectivity index (χ2v) is 4.64. The van der Waals surface area contributed by atoms with Gasteiger partial charge in [0, 0.05) is 5.69 Å². The van der Waals surface area contributed by atoms with Gasteiger partial charge in [-0.05, 0) is 44.7 Å². The molecule has 0 unspecified atom stereocenters. The Bertz CT molecular complexity index is 408. The number of nitrogens with two attached hydrogens (primary N) is 1. The highest BCUT2D eigenvalue weighted by atomic mass is 15.1. The molecule has 0 bridgehead atoms. The minimum Gasteiger partial charge on any atom is -0.370 e. The van der Waals surface area contributed by atoms with Crippen molar-refractivity contribution in [3.8, 4) is 0 Å². The summed E-state index contributed by atoms with van der Waals surface area (Å²) in [5.41, 5.74) is 10.7. The predicted octanol–water partition coefficient (Wildman–Crippen LogP) is 2.50. The maximum atomic E-state index is 5.86. The number of aliphatic imine (C=N–C) groups is 1. The molecule has 1 aromatic carbocycles. The highest BCUT2D eigenvalue weighted by molar-refractivity contribution is 5.94. The molecule has 0 atom stereocenters. The number of benzene rings is 1. The topological polar surface area (TPSA) is 50.4 Å². The van der Waals surface area contributed by atoms with Gasteiger partial charge < -0.3 is 11.1 Å². The van der Waals surface area contributed by atoms with Crippen LogP contribution >= 0.6 is 0 Å². The largest absolute Gasteiger partial charge is 0.370 e. The van der Waals surface area contributed by atoms with Gasteiger partial charge in [-0.15, -0.1) is 0 Å². The van der Waals surface area contributed by atoms with E-state index in [-0.39, 0.29) is 0 Å². The first-order chi connectivity index (χ1) is 7.56. The molecule has 1 aliphatic rings. The van der Waals surface area contributed by atoms with E-state index in [1.165, 1.54) is 29.5 Å². The molecule has 0 aliphatic heterocycles. The van der Waals surface area contributed by atoms with E-state index in [2.05, 4.69) is 43.2 Å². The average molecular weight is 217 g/mol. The summed E-state index contributed by atoms with van der Waals surface area (Å²) in [7, 11) is 0. The van der Waals surface area contributed by atoms with Crippen LogP contribution in [0.4, 0.5) is 5.69 Å². The van der Waals surface area contributed by atoms with E-state index in [0.717, 1.165) is 5.69 Å². The van der Waals surface area contributed by atoms with Crippen molar-refractivity contribution in [3.63, 3.8) is 0 Å². The lowest BCUT2D eigenvalue weighted by Crippen LogP contribution is -2.24. The van der Waals surface area contributed by atoms with Gasteiger partial charge in [0.2, 0.25) is 0 Å². The maximum Gasteiger partial charge on any atom is 0.193 e. The molecule has 1 aromatic rings. The van der Waals surface area contributed by atoms with Crippen LogP contribution in [0.15, 0.2) is 17.1 Å². The Morgan fingerprint density at radius 1 is 1.25 bits per heavy atom. The van der Waals surface area contributed by atoms with Gasteiger partial charge >= 0.3 is 0 Å². The average Bonchev–Trinajstić information content (AvgIpc) is 2.95. The molecule has 1 fully saturated rings. The summed E-state index contributed by atoms with van der Waals surface area (Å²) in [5.74, 6) is 0.539. The number of nitrogens with one attached hydrogen (secondary N) is 1. The molecule has 0 saturated heterocycles. The molecule has 1 saturated carbocycles. The molecular weight excluding hydrogens is 198 g/mol. The summed E-state index contributed by atoms with van der Waals surface area (Å²) in [6.45, 7) is 6.28. The summed E-state index contributed by atoms with van der Waals surface area (Å²) in [6, 6.07) is 4.76. The lowest BCUT2D eigenvalue weighted by molar-refractivity contribution is 1.06. The number of rotatable bonds is 2. The first-order valence-electron chi connectivity index (χ1n) is 5.74. The van der Waals surface area contributed by atoms with Crippen LogP contribution in [0.3, 0.4) is 0 Å². The second kappa shape index (κ2) is 4.16. The molecule has 0 heterocycles. The summed E-state index contributed by atoms with van der Waals surface area (Å²) in [6.07, 6.45) is 2.35. The van der Waals surface area contributed by atoms with E-state index in [0.29, 0.717) is 12.0 Å². The molecular formula is C13H19N3. The smallest absolute Gasteiger partial charge is 0.193 e. The van der Waals surface area contributed by atoms with Crippen molar-refractivity contribution in [2.75, 3.05) is 5.32 Å². The Morgan fingerprint density at radius 3 is 2.31 bits per heavy atom. The van der Waals surface area contributed by atoms with Gasteiger partial charge in [0.1, 0.15) is 0 Å². The van der Waals surface area contributed by atoms with Crippen LogP contribution in [0.25, 0.3) is 0 Å². The fraction of sp³-hybridized carbons (Fsp3) is 0.462. The van der Waals surface area contributed by atoms with E-state index in [1.807, 2.05) is 0 Å². The third-order valence-corrected chi connectivity index (χ3v) is 2.80. The van der Waals surface area contributed by atoms with Crippen LogP contribution in [-0.2, 0) is 0 Å². The second-order valence-electron chi connectivity index (χ2n) is 4.64. The third kappa shape index (κ3) is 2.54. The first kappa shape index (κ1) is 11.0. The first-order valence-corrected chi connectivity index (χ1v) is 5.74. The van der Waals surface area contributed by atoms with Crippen molar-refractivity contribution < 1.29 is 0 Å². The van der Waals surface area contributed by atoms with E-state index in [9.17, 15) is 0 Å². The Morgan fingerprint density at radius 2 is 1.81 bits per heavy atom. The Balaban J connectivity index is 2.20. The van der Waals surface area contributed by atoms with Crippen LogP contribution < -0.4 is 11.1 Å². The molecule has 3 N–H and O–H groups in total. The van der Waals surface area contributed by atoms with Crippen molar-refractivity contribution in [1.82, 2.24) is 0 Å². The molecule has 3 nitrogen and oxygen atoms in total. The minimum absolute atomic E-state index is 0.457. The standard InChI is InChI=1S/C13H19N3/c1-8-6-9(2)12(10(3)7-8)16-13(14)15-11-4-5-11/h6-7,11H,4-5H2,1-3H3,(H3,14,15,16). The SMILES string of the molecule is Cc1cc(C)c(NC(N)=NC2CC2)c(C)c1. The van der Waals surface area contributed by atoms with Gasteiger partial charge in [0.15, 0.2) is 5.96 Å². The van der Waals surface area contributed by atoms with Crippen LogP contribution in [0.2, 0.25) is 0 Å². The Kier molecular flexibility index (Phi) is 2.86. The molecule has 0 aromatic heterocycles. The normalized spacial score (nSPS) is 16.3. The fourth-order valence-electron chi connectivity index (χ4n) is 1.94. The van der Waals surface area contributed by atoms with Gasteiger partial charge in [0.05, 0.1) is 6.04 Å². The van der Waals surface area contributed by atoms with Crippen molar-refractivity contribution in [2.45, 2.75) is 39.7 Å². The van der Waals surface area contributed by atoms with Gasteiger partial charge in [-0.25, -0.2) is 4.99 Å². The molecule has 0 amide bonds. The summed E-state index contributed by atoms with van der Waals surface area (Å²) >= 11 is 0. The van der Waals surface area contributed by atoms with Crippen LogP contribution in [-0.4, -0.2) is 12.0 Å². The molecule has 2 rings (SSSR count). The molecule has 0 radical (unpaired) electrons. The highest BCUT2D eigenvalue weighted by Crippen LogP contribution is 2.25. The molecule has 1 aliphatic carbocycles. The van der Waals surface area contributed by atoms with Crippen molar-refractivity contribution >= 4 is 11.6 Å². The van der Waals surface area contributed by atoms with Gasteiger partial charge in [0.25, 0.3) is 0 Å². The minimum atomic E-state index is 0.457. The number of anilines is 1. The molecule has 0 spiro atoms. The Labute approximate surface area is 96.8 Å². The zero-order valence-corrected chi connectivity index (χ0v) is 10.2. The van der Waals surface area contributed by atoms with Crippen molar-refractivity contribution in [1.29, 1.82) is 0 Å². The number of nitrogens with zero attached hydrogens (tertiary/aromatic N) is 1. The van der Waals surface area contributed by atoms with E-state index in [1.54, 1.807) is 0 Å². The Hall–Kier alpha value is -1.51.